The molecule has 27 heavy (non-hydrogen) atoms. The number of fused-ring (bicyclic) bond motifs is 1. The first-order valence-electron chi connectivity index (χ1n) is 9.26. The predicted octanol–water partition coefficient (Wildman–Crippen LogP) is 3.45. The van der Waals surface area contributed by atoms with Crippen LogP contribution >= 0.6 is 0 Å². The van der Waals surface area contributed by atoms with E-state index < -0.39 is 24.0 Å². The molecule has 2 aromatic rings. The first kappa shape index (κ1) is 18.9. The number of ether oxygens (including phenoxy) is 1. The van der Waals surface area contributed by atoms with Crippen molar-refractivity contribution in [3.63, 3.8) is 0 Å². The van der Waals surface area contributed by atoms with E-state index in [-0.39, 0.29) is 11.8 Å². The lowest BCUT2D eigenvalue weighted by molar-refractivity contribution is -0.128. The van der Waals surface area contributed by atoms with Gasteiger partial charge < -0.3 is 14.5 Å². The van der Waals surface area contributed by atoms with E-state index in [0.717, 1.165) is 31.1 Å². The topological polar surface area (TPSA) is 97.6 Å². The molecule has 1 saturated carbocycles. The van der Waals surface area contributed by atoms with Crippen LogP contribution in [-0.4, -0.2) is 30.1 Å². The smallest absolute Gasteiger partial charge is 0.375 e. The molecule has 7 nitrogen and oxygen atoms in total. The number of urea groups is 1. The summed E-state index contributed by atoms with van der Waals surface area (Å²) in [5.41, 5.74) is 1.23. The molecule has 3 rings (SSSR count). The van der Waals surface area contributed by atoms with Gasteiger partial charge in [0.2, 0.25) is 5.76 Å². The minimum atomic E-state index is -1.12. The first-order valence-corrected chi connectivity index (χ1v) is 9.26. The summed E-state index contributed by atoms with van der Waals surface area (Å²) in [5, 5.41) is 5.83. The monoisotopic (exact) mass is 372 g/mol. The molecule has 3 amide bonds. The van der Waals surface area contributed by atoms with E-state index in [1.54, 1.807) is 19.1 Å². The van der Waals surface area contributed by atoms with Gasteiger partial charge >= 0.3 is 12.0 Å². The van der Waals surface area contributed by atoms with E-state index in [1.165, 1.54) is 13.3 Å². The Labute approximate surface area is 157 Å². The molecule has 1 aliphatic rings. The standard InChI is InChI=1S/C20H24N2O5/c1-12-15-10-6-7-11-16(15)27-17(12)19(24)26-13(2)18(23)22-20(25)21-14-8-4-3-5-9-14/h6-7,10-11,13-14H,3-5,8-9H2,1-2H3,(H2,21,22,23,25)/t13-/m0/s1. The largest absolute Gasteiger partial charge is 0.449 e. The summed E-state index contributed by atoms with van der Waals surface area (Å²) in [6.07, 6.45) is 4.03. The molecule has 1 aromatic heterocycles. The minimum absolute atomic E-state index is 0.0579. The molecule has 1 aromatic carbocycles. The third kappa shape index (κ3) is 4.48. The molecule has 1 atom stereocenters. The molecular formula is C20H24N2O5. The van der Waals surface area contributed by atoms with Gasteiger partial charge in [0.15, 0.2) is 6.10 Å². The van der Waals surface area contributed by atoms with Gasteiger partial charge in [-0.3, -0.25) is 10.1 Å². The highest BCUT2D eigenvalue weighted by atomic mass is 16.6. The summed E-state index contributed by atoms with van der Waals surface area (Å²) in [5.74, 6) is -1.35. The Morgan fingerprint density at radius 1 is 1.15 bits per heavy atom. The van der Waals surface area contributed by atoms with Crippen LogP contribution in [0.1, 0.15) is 55.1 Å². The summed E-state index contributed by atoms with van der Waals surface area (Å²) >= 11 is 0. The Morgan fingerprint density at radius 2 is 1.85 bits per heavy atom. The Bertz CT molecular complexity index is 851. The van der Waals surface area contributed by atoms with Crippen molar-refractivity contribution < 1.29 is 23.5 Å². The summed E-state index contributed by atoms with van der Waals surface area (Å²) < 4.78 is 10.7. The molecule has 1 aliphatic carbocycles. The van der Waals surface area contributed by atoms with Gasteiger partial charge in [0.25, 0.3) is 5.91 Å². The van der Waals surface area contributed by atoms with E-state index in [4.69, 9.17) is 9.15 Å². The average Bonchev–Trinajstić information content (AvgIpc) is 2.99. The van der Waals surface area contributed by atoms with Crippen molar-refractivity contribution >= 4 is 28.9 Å². The normalized spacial score (nSPS) is 15.9. The van der Waals surface area contributed by atoms with E-state index in [0.29, 0.717) is 11.1 Å². The number of aryl methyl sites for hydroxylation is 1. The fourth-order valence-electron chi connectivity index (χ4n) is 3.32. The van der Waals surface area contributed by atoms with Crippen molar-refractivity contribution in [1.29, 1.82) is 0 Å². The van der Waals surface area contributed by atoms with Gasteiger partial charge in [0.1, 0.15) is 5.58 Å². The zero-order valence-corrected chi connectivity index (χ0v) is 15.5. The predicted molar refractivity (Wildman–Crippen MR) is 99.4 cm³/mol. The van der Waals surface area contributed by atoms with Crippen LogP contribution < -0.4 is 10.6 Å². The molecular weight excluding hydrogens is 348 g/mol. The van der Waals surface area contributed by atoms with Gasteiger partial charge in [-0.2, -0.15) is 0 Å². The maximum Gasteiger partial charge on any atom is 0.375 e. The number of hydrogen-bond acceptors (Lipinski definition) is 5. The number of carbonyl (C=O) groups is 3. The zero-order valence-electron chi connectivity index (χ0n) is 15.5. The van der Waals surface area contributed by atoms with E-state index in [1.807, 2.05) is 12.1 Å². The molecule has 0 spiro atoms. The molecule has 144 valence electrons. The van der Waals surface area contributed by atoms with Crippen molar-refractivity contribution in [3.05, 3.63) is 35.6 Å². The fraction of sp³-hybridized carbons (Fsp3) is 0.450. The van der Waals surface area contributed by atoms with Crippen LogP contribution in [0.4, 0.5) is 4.79 Å². The highest BCUT2D eigenvalue weighted by Crippen LogP contribution is 2.25. The first-order chi connectivity index (χ1) is 13.0. The lowest BCUT2D eigenvalue weighted by atomic mass is 9.96. The number of furan rings is 1. The number of imide groups is 1. The third-order valence-corrected chi connectivity index (χ3v) is 4.86. The van der Waals surface area contributed by atoms with E-state index in [2.05, 4.69) is 10.6 Å². The Hall–Kier alpha value is -2.83. The number of rotatable bonds is 4. The van der Waals surface area contributed by atoms with Crippen LogP contribution in [-0.2, 0) is 9.53 Å². The van der Waals surface area contributed by atoms with Crippen LogP contribution in [0.15, 0.2) is 28.7 Å². The fourth-order valence-corrected chi connectivity index (χ4v) is 3.32. The lowest BCUT2D eigenvalue weighted by Gasteiger charge is -2.23. The van der Waals surface area contributed by atoms with Crippen LogP contribution in [0.25, 0.3) is 11.0 Å². The summed E-state index contributed by atoms with van der Waals surface area (Å²) in [6, 6.07) is 6.78. The van der Waals surface area contributed by atoms with Gasteiger partial charge in [0.05, 0.1) is 0 Å². The molecule has 0 aliphatic heterocycles. The van der Waals surface area contributed by atoms with Crippen LogP contribution in [0, 0.1) is 6.92 Å². The number of esters is 1. The Kier molecular flexibility index (Phi) is 5.78. The second-order valence-corrected chi connectivity index (χ2v) is 6.90. The van der Waals surface area contributed by atoms with Crippen molar-refractivity contribution in [2.45, 2.75) is 58.1 Å². The number of benzene rings is 1. The molecule has 0 bridgehead atoms. The van der Waals surface area contributed by atoms with Crippen molar-refractivity contribution in [3.8, 4) is 0 Å². The maximum atomic E-state index is 12.4. The second-order valence-electron chi connectivity index (χ2n) is 6.90. The molecule has 7 heteroatoms. The number of hydrogen-bond donors (Lipinski definition) is 2. The van der Waals surface area contributed by atoms with Gasteiger partial charge in [0, 0.05) is 17.0 Å². The van der Waals surface area contributed by atoms with E-state index in [9.17, 15) is 14.4 Å². The SMILES string of the molecule is Cc1c(C(=O)O[C@@H](C)C(=O)NC(=O)NC2CCCCC2)oc2ccccc12. The maximum absolute atomic E-state index is 12.4. The Morgan fingerprint density at radius 3 is 2.56 bits per heavy atom. The molecule has 2 N–H and O–H groups in total. The number of para-hydroxylation sites is 1. The van der Waals surface area contributed by atoms with Crippen LogP contribution in [0.5, 0.6) is 0 Å². The third-order valence-electron chi connectivity index (χ3n) is 4.86. The molecule has 1 heterocycles. The van der Waals surface area contributed by atoms with Gasteiger partial charge in [-0.15, -0.1) is 0 Å². The van der Waals surface area contributed by atoms with Crippen LogP contribution in [0.2, 0.25) is 0 Å². The van der Waals surface area contributed by atoms with Gasteiger partial charge in [-0.1, -0.05) is 37.5 Å². The summed E-state index contributed by atoms with van der Waals surface area (Å²) in [4.78, 5) is 36.4. The molecule has 0 radical (unpaired) electrons. The summed E-state index contributed by atoms with van der Waals surface area (Å²) in [6.45, 7) is 3.17. The Balaban J connectivity index is 1.56. The second kappa shape index (κ2) is 8.24. The zero-order chi connectivity index (χ0) is 19.4. The minimum Gasteiger partial charge on any atom is -0.449 e. The average molecular weight is 372 g/mol. The van der Waals surface area contributed by atoms with Gasteiger partial charge in [-0.25, -0.2) is 9.59 Å². The van der Waals surface area contributed by atoms with Crippen molar-refractivity contribution in [1.82, 2.24) is 10.6 Å². The number of carbonyl (C=O) groups excluding carboxylic acids is 3. The van der Waals surface area contributed by atoms with E-state index >= 15 is 0 Å². The molecule has 0 saturated heterocycles. The number of nitrogens with one attached hydrogen (secondary N) is 2. The number of amides is 3. The highest BCUT2D eigenvalue weighted by molar-refractivity contribution is 6.00. The molecule has 1 fully saturated rings. The van der Waals surface area contributed by atoms with Crippen molar-refractivity contribution in [2.24, 2.45) is 0 Å². The lowest BCUT2D eigenvalue weighted by Crippen LogP contribution is -2.48. The molecule has 0 unspecified atom stereocenters. The highest BCUT2D eigenvalue weighted by Gasteiger charge is 2.25. The van der Waals surface area contributed by atoms with Crippen molar-refractivity contribution in [2.75, 3.05) is 0 Å². The summed E-state index contributed by atoms with van der Waals surface area (Å²) in [7, 11) is 0. The van der Waals surface area contributed by atoms with Crippen LogP contribution in [0.3, 0.4) is 0 Å². The quantitative estimate of drug-likeness (QED) is 0.801. The van der Waals surface area contributed by atoms with Gasteiger partial charge in [-0.05, 0) is 32.8 Å².